The van der Waals surface area contributed by atoms with Crippen LogP contribution in [-0.2, 0) is 5.54 Å². The Balaban J connectivity index is 1.41. The highest BCUT2D eigenvalue weighted by Gasteiger charge is 2.45. The van der Waals surface area contributed by atoms with Crippen molar-refractivity contribution < 1.29 is 9.18 Å². The molecule has 1 aliphatic carbocycles. The molecule has 2 aliphatic rings. The Labute approximate surface area is 205 Å². The Morgan fingerprint density at radius 3 is 2.46 bits per heavy atom. The van der Waals surface area contributed by atoms with E-state index in [1.807, 2.05) is 7.05 Å². The summed E-state index contributed by atoms with van der Waals surface area (Å²) in [7, 11) is 1.97. The molecule has 2 aromatic carbocycles. The number of nitrogens with one attached hydrogen (secondary N) is 2. The highest BCUT2D eigenvalue weighted by atomic mass is 35.5. The first-order chi connectivity index (χ1) is 16.8. The molecule has 1 saturated heterocycles. The average Bonchev–Trinajstić information content (AvgIpc) is 3.58. The Morgan fingerprint density at radius 2 is 1.83 bits per heavy atom. The lowest BCUT2D eigenvalue weighted by Gasteiger charge is -2.49. The Bertz CT molecular complexity index is 1500. The van der Waals surface area contributed by atoms with Crippen molar-refractivity contribution in [1.82, 2.24) is 24.8 Å². The van der Waals surface area contributed by atoms with E-state index < -0.39 is 5.54 Å². The van der Waals surface area contributed by atoms with Gasteiger partial charge in [0.25, 0.3) is 11.5 Å². The van der Waals surface area contributed by atoms with E-state index in [-0.39, 0.29) is 23.2 Å². The van der Waals surface area contributed by atoms with Crippen molar-refractivity contribution in [2.75, 3.05) is 20.1 Å². The van der Waals surface area contributed by atoms with Crippen LogP contribution < -0.4 is 10.9 Å². The molecule has 1 aliphatic heterocycles. The number of carbonyl (C=O) groups excluding carboxylic acids is 1. The summed E-state index contributed by atoms with van der Waals surface area (Å²) in [6, 6.07) is 13.3. The van der Waals surface area contributed by atoms with Gasteiger partial charge in [-0.1, -0.05) is 23.7 Å². The number of benzene rings is 2. The number of halogens is 2. The Kier molecular flexibility index (Phi) is 5.05. The number of aromatic nitrogens is 3. The minimum absolute atomic E-state index is 0.149. The highest BCUT2D eigenvalue weighted by Crippen LogP contribution is 2.44. The number of hydrogen-bond acceptors (Lipinski definition) is 4. The lowest BCUT2D eigenvalue weighted by molar-refractivity contribution is 0.0511. The molecular weight excluding hydrogens is 469 g/mol. The number of hydrogen-bond donors (Lipinski definition) is 2. The molecule has 9 heteroatoms. The van der Waals surface area contributed by atoms with Crippen LogP contribution in [0.5, 0.6) is 0 Å². The van der Waals surface area contributed by atoms with Gasteiger partial charge in [0, 0.05) is 35.4 Å². The summed E-state index contributed by atoms with van der Waals surface area (Å²) in [5.41, 5.74) is 2.25. The topological polar surface area (TPSA) is 82.5 Å². The molecule has 4 aromatic rings. The molecule has 7 nitrogen and oxygen atoms in total. The van der Waals surface area contributed by atoms with E-state index in [0.717, 1.165) is 24.0 Å². The Morgan fingerprint density at radius 1 is 1.14 bits per heavy atom. The molecule has 0 radical (unpaired) electrons. The summed E-state index contributed by atoms with van der Waals surface area (Å²) in [6.45, 7) is 1.21. The van der Waals surface area contributed by atoms with Gasteiger partial charge in [0.05, 0.1) is 11.1 Å². The maximum absolute atomic E-state index is 13.7. The number of H-pyrrole nitrogens is 1. The minimum Gasteiger partial charge on any atom is -0.340 e. The summed E-state index contributed by atoms with van der Waals surface area (Å²) in [4.78, 5) is 31.8. The van der Waals surface area contributed by atoms with Gasteiger partial charge in [-0.15, -0.1) is 5.10 Å². The second kappa shape index (κ2) is 8.03. The van der Waals surface area contributed by atoms with Gasteiger partial charge >= 0.3 is 0 Å². The predicted octanol–water partition coefficient (Wildman–Crippen LogP) is 3.93. The van der Waals surface area contributed by atoms with Gasteiger partial charge in [0.2, 0.25) is 0 Å². The van der Waals surface area contributed by atoms with E-state index in [1.54, 1.807) is 42.6 Å². The van der Waals surface area contributed by atoms with Gasteiger partial charge < -0.3 is 15.2 Å². The third-order valence-electron chi connectivity index (χ3n) is 6.86. The van der Waals surface area contributed by atoms with Crippen molar-refractivity contribution in [3.63, 3.8) is 0 Å². The van der Waals surface area contributed by atoms with Crippen LogP contribution in [-0.4, -0.2) is 45.5 Å². The molecule has 178 valence electrons. The van der Waals surface area contributed by atoms with Gasteiger partial charge in [-0.05, 0) is 67.8 Å². The van der Waals surface area contributed by atoms with Crippen molar-refractivity contribution in [3.8, 4) is 11.4 Å². The van der Waals surface area contributed by atoms with Gasteiger partial charge in [0.1, 0.15) is 11.3 Å². The third kappa shape index (κ3) is 3.83. The lowest BCUT2D eigenvalue weighted by atomic mass is 9.82. The summed E-state index contributed by atoms with van der Waals surface area (Å²) < 4.78 is 15.1. The molecule has 2 fully saturated rings. The van der Waals surface area contributed by atoms with Crippen LogP contribution in [0.2, 0.25) is 5.02 Å². The standard InChI is InChI=1S/C26H23ClFN5O2/c1-32-13-26(14-32,17-6-10-19(28)11-7-17)30-24(34)20-12-33-22(21(20)15-2-3-15)25(35)29-23(31-33)16-4-8-18(27)9-5-16/h4-12,15H,2-3,13-14H2,1H3,(H,30,34)(H,29,31,35). The van der Waals surface area contributed by atoms with Crippen LogP contribution >= 0.6 is 11.6 Å². The van der Waals surface area contributed by atoms with E-state index in [2.05, 4.69) is 20.3 Å². The Hall–Kier alpha value is -3.49. The maximum Gasteiger partial charge on any atom is 0.275 e. The van der Waals surface area contributed by atoms with E-state index in [0.29, 0.717) is 40.6 Å². The maximum atomic E-state index is 13.7. The fraction of sp³-hybridized carbons (Fsp3) is 0.269. The smallest absolute Gasteiger partial charge is 0.275 e. The zero-order chi connectivity index (χ0) is 24.3. The number of aromatic amines is 1. The van der Waals surface area contributed by atoms with E-state index in [4.69, 9.17) is 11.6 Å². The minimum atomic E-state index is -0.622. The van der Waals surface area contributed by atoms with Crippen molar-refractivity contribution in [1.29, 1.82) is 0 Å². The summed E-state index contributed by atoms with van der Waals surface area (Å²) in [5, 5.41) is 8.39. The fourth-order valence-corrected chi connectivity index (χ4v) is 5.20. The van der Waals surface area contributed by atoms with Crippen LogP contribution in [0.25, 0.3) is 16.9 Å². The first-order valence-corrected chi connectivity index (χ1v) is 11.9. The van der Waals surface area contributed by atoms with Crippen LogP contribution in [0.4, 0.5) is 4.39 Å². The van der Waals surface area contributed by atoms with Crippen molar-refractivity contribution in [3.05, 3.63) is 92.6 Å². The SMILES string of the molecule is CN1CC(NC(=O)c2cn3nc(-c4ccc(Cl)cc4)[nH]c(=O)c3c2C2CC2)(c2ccc(F)cc2)C1. The quantitative estimate of drug-likeness (QED) is 0.443. The molecule has 2 aromatic heterocycles. The normalized spacial score (nSPS) is 17.3. The monoisotopic (exact) mass is 491 g/mol. The molecule has 1 saturated carbocycles. The number of likely N-dealkylation sites (N-methyl/N-ethyl adjacent to an activating group) is 1. The number of carbonyl (C=O) groups is 1. The van der Waals surface area contributed by atoms with Crippen molar-refractivity contribution in [2.24, 2.45) is 0 Å². The summed E-state index contributed by atoms with van der Waals surface area (Å²) >= 11 is 5.99. The second-order valence-corrected chi connectivity index (χ2v) is 9.99. The zero-order valence-electron chi connectivity index (χ0n) is 19.0. The molecule has 1 amide bonds. The molecule has 6 rings (SSSR count). The van der Waals surface area contributed by atoms with Gasteiger partial charge in [-0.2, -0.15) is 0 Å². The van der Waals surface area contributed by atoms with E-state index in [9.17, 15) is 14.0 Å². The summed E-state index contributed by atoms with van der Waals surface area (Å²) in [5.74, 6) is -0.0376. The zero-order valence-corrected chi connectivity index (χ0v) is 19.8. The van der Waals surface area contributed by atoms with Crippen LogP contribution in [0.15, 0.2) is 59.5 Å². The van der Waals surface area contributed by atoms with Crippen LogP contribution in [0, 0.1) is 5.82 Å². The lowest BCUT2D eigenvalue weighted by Crippen LogP contribution is -2.66. The van der Waals surface area contributed by atoms with Gasteiger partial charge in [-0.25, -0.2) is 8.91 Å². The van der Waals surface area contributed by atoms with Gasteiger partial charge in [-0.3, -0.25) is 9.59 Å². The summed E-state index contributed by atoms with van der Waals surface area (Å²) in [6.07, 6.45) is 3.49. The van der Waals surface area contributed by atoms with Crippen LogP contribution in [0.3, 0.4) is 0 Å². The molecular formula is C26H23ClFN5O2. The van der Waals surface area contributed by atoms with E-state index in [1.165, 1.54) is 16.6 Å². The molecule has 35 heavy (non-hydrogen) atoms. The number of rotatable bonds is 5. The number of nitrogens with zero attached hydrogens (tertiary/aromatic N) is 3. The highest BCUT2D eigenvalue weighted by molar-refractivity contribution is 6.30. The molecule has 0 unspecified atom stereocenters. The van der Waals surface area contributed by atoms with Gasteiger partial charge in [0.15, 0.2) is 5.82 Å². The molecule has 0 atom stereocenters. The third-order valence-corrected chi connectivity index (χ3v) is 7.11. The number of amides is 1. The molecule has 0 bridgehead atoms. The van der Waals surface area contributed by atoms with E-state index >= 15 is 0 Å². The molecule has 3 heterocycles. The fourth-order valence-electron chi connectivity index (χ4n) is 5.08. The number of fused-ring (bicyclic) bond motifs is 1. The number of likely N-dealkylation sites (tertiary alicyclic amines) is 1. The second-order valence-electron chi connectivity index (χ2n) is 9.55. The molecule has 0 spiro atoms. The average molecular weight is 492 g/mol. The largest absolute Gasteiger partial charge is 0.340 e. The predicted molar refractivity (Wildman–Crippen MR) is 131 cm³/mol. The first kappa shape index (κ1) is 22.0. The van der Waals surface area contributed by atoms with Crippen molar-refractivity contribution in [2.45, 2.75) is 24.3 Å². The van der Waals surface area contributed by atoms with Crippen LogP contribution in [0.1, 0.15) is 40.2 Å². The molecule has 2 N–H and O–H groups in total. The first-order valence-electron chi connectivity index (χ1n) is 11.5. The van der Waals surface area contributed by atoms with Crippen molar-refractivity contribution >= 4 is 23.0 Å².